The Hall–Kier alpha value is -1.69. The molecule has 2 bridgehead atoms. The van der Waals surface area contributed by atoms with Crippen LogP contribution in [-0.4, -0.2) is 53.5 Å². The molecule has 5 nitrogen and oxygen atoms in total. The minimum atomic E-state index is -0.854. The predicted octanol–water partition coefficient (Wildman–Crippen LogP) is 1.41. The van der Waals surface area contributed by atoms with Crippen molar-refractivity contribution >= 4 is 11.6 Å². The second-order valence-corrected chi connectivity index (χ2v) is 8.93. The van der Waals surface area contributed by atoms with Crippen molar-refractivity contribution in [1.82, 2.24) is 4.90 Å². The van der Waals surface area contributed by atoms with Gasteiger partial charge in [0.2, 0.25) is 5.91 Å². The second-order valence-electron chi connectivity index (χ2n) is 8.93. The van der Waals surface area contributed by atoms with Crippen molar-refractivity contribution in [3.63, 3.8) is 0 Å². The molecule has 5 heteroatoms. The van der Waals surface area contributed by atoms with E-state index in [4.69, 9.17) is 4.74 Å². The molecule has 0 radical (unpaired) electrons. The molecule has 6 aliphatic rings. The Bertz CT molecular complexity index is 897. The van der Waals surface area contributed by atoms with E-state index in [0.717, 1.165) is 31.6 Å². The van der Waals surface area contributed by atoms with E-state index in [-0.39, 0.29) is 29.4 Å². The Kier molecular flexibility index (Phi) is 2.34. The number of rotatable bonds is 0. The highest BCUT2D eigenvalue weighted by atomic mass is 16.5. The molecule has 1 aromatic carbocycles. The first-order valence-corrected chi connectivity index (χ1v) is 9.85. The van der Waals surface area contributed by atoms with E-state index in [1.807, 2.05) is 6.07 Å². The second kappa shape index (κ2) is 4.24. The van der Waals surface area contributed by atoms with E-state index in [9.17, 15) is 9.90 Å². The van der Waals surface area contributed by atoms with Crippen LogP contribution in [0, 0.1) is 11.8 Å². The van der Waals surface area contributed by atoms with Crippen molar-refractivity contribution in [3.8, 4) is 0 Å². The van der Waals surface area contributed by atoms with Crippen LogP contribution in [0.1, 0.15) is 24.8 Å². The van der Waals surface area contributed by atoms with Crippen molar-refractivity contribution in [2.75, 3.05) is 24.6 Å². The Morgan fingerprint density at radius 3 is 3.08 bits per heavy atom. The summed E-state index contributed by atoms with van der Waals surface area (Å²) in [6, 6.07) is 8.32. The number of para-hydroxylation sites is 1. The monoisotopic (exact) mass is 350 g/mol. The summed E-state index contributed by atoms with van der Waals surface area (Å²) in [5.41, 5.74) is 2.40. The van der Waals surface area contributed by atoms with Gasteiger partial charge < -0.3 is 14.7 Å². The Morgan fingerprint density at radius 2 is 2.15 bits per heavy atom. The van der Waals surface area contributed by atoms with Crippen LogP contribution in [0.15, 0.2) is 35.9 Å². The van der Waals surface area contributed by atoms with E-state index < -0.39 is 5.72 Å². The minimum absolute atomic E-state index is 0.0155. The number of hydrogen-bond acceptors (Lipinski definition) is 4. The Morgan fingerprint density at radius 1 is 1.27 bits per heavy atom. The number of anilines is 1. The molecule has 6 atom stereocenters. The molecule has 3 saturated heterocycles. The highest BCUT2D eigenvalue weighted by molar-refractivity contribution is 5.99. The van der Waals surface area contributed by atoms with Crippen LogP contribution in [0.25, 0.3) is 0 Å². The van der Waals surface area contributed by atoms with Crippen molar-refractivity contribution in [1.29, 1.82) is 0 Å². The molecule has 4 fully saturated rings. The third-order valence-corrected chi connectivity index (χ3v) is 8.35. The summed E-state index contributed by atoms with van der Waals surface area (Å²) in [4.78, 5) is 17.5. The van der Waals surface area contributed by atoms with Crippen LogP contribution < -0.4 is 4.90 Å². The number of amides is 1. The number of nitrogens with zero attached hydrogens (tertiary/aromatic N) is 2. The highest BCUT2D eigenvalue weighted by Gasteiger charge is 2.76. The molecule has 5 heterocycles. The molecular weight excluding hydrogens is 328 g/mol. The van der Waals surface area contributed by atoms with Crippen molar-refractivity contribution in [2.45, 2.75) is 42.5 Å². The maximum absolute atomic E-state index is 13.2. The summed E-state index contributed by atoms with van der Waals surface area (Å²) in [6.45, 7) is 2.34. The lowest BCUT2D eigenvalue weighted by atomic mass is 9.52. The van der Waals surface area contributed by atoms with Crippen LogP contribution >= 0.6 is 0 Å². The summed E-state index contributed by atoms with van der Waals surface area (Å²) in [7, 11) is 0. The van der Waals surface area contributed by atoms with Gasteiger partial charge in [0.25, 0.3) is 0 Å². The van der Waals surface area contributed by atoms with Crippen LogP contribution in [0.2, 0.25) is 0 Å². The topological polar surface area (TPSA) is 53.0 Å². The smallest absolute Gasteiger partial charge is 0.229 e. The first-order chi connectivity index (χ1) is 12.6. The van der Waals surface area contributed by atoms with Gasteiger partial charge in [-0.3, -0.25) is 9.69 Å². The quantitative estimate of drug-likeness (QED) is 0.719. The van der Waals surface area contributed by atoms with E-state index in [2.05, 4.69) is 34.1 Å². The minimum Gasteiger partial charge on any atom is -0.375 e. The number of carbonyl (C=O) groups is 1. The maximum atomic E-state index is 13.2. The van der Waals surface area contributed by atoms with Crippen LogP contribution in [-0.2, 0) is 14.9 Å². The summed E-state index contributed by atoms with van der Waals surface area (Å²) >= 11 is 0. The highest BCUT2D eigenvalue weighted by Crippen LogP contribution is 2.68. The summed E-state index contributed by atoms with van der Waals surface area (Å²) in [5.74, 6) is 0.769. The summed E-state index contributed by atoms with van der Waals surface area (Å²) in [5, 5.41) is 12.1. The number of fused-ring (bicyclic) bond motifs is 2. The maximum Gasteiger partial charge on any atom is 0.229 e. The molecule has 0 aromatic heterocycles. The molecular formula is C21H22N2O3. The van der Waals surface area contributed by atoms with Crippen molar-refractivity contribution < 1.29 is 14.6 Å². The molecule has 1 aromatic rings. The van der Waals surface area contributed by atoms with E-state index >= 15 is 0 Å². The van der Waals surface area contributed by atoms with E-state index in [1.165, 1.54) is 11.1 Å². The third-order valence-electron chi connectivity index (χ3n) is 8.35. The lowest BCUT2D eigenvalue weighted by Crippen LogP contribution is -2.74. The average molecular weight is 350 g/mol. The van der Waals surface area contributed by atoms with Gasteiger partial charge in [0, 0.05) is 24.7 Å². The van der Waals surface area contributed by atoms with Gasteiger partial charge in [-0.2, -0.15) is 0 Å². The fourth-order valence-electron chi connectivity index (χ4n) is 7.53. The van der Waals surface area contributed by atoms with Crippen LogP contribution in [0.3, 0.4) is 0 Å². The fourth-order valence-corrected chi connectivity index (χ4v) is 7.53. The number of aliphatic hydroxyl groups is 1. The lowest BCUT2D eigenvalue weighted by Gasteiger charge is -2.62. The first-order valence-electron chi connectivity index (χ1n) is 9.85. The van der Waals surface area contributed by atoms with Gasteiger partial charge in [0.05, 0.1) is 30.6 Å². The molecule has 5 aliphatic heterocycles. The number of benzene rings is 1. The summed E-state index contributed by atoms with van der Waals surface area (Å²) in [6.07, 6.45) is 4.36. The number of ether oxygens (including phenoxy) is 1. The molecule has 26 heavy (non-hydrogen) atoms. The zero-order valence-corrected chi connectivity index (χ0v) is 14.6. The van der Waals surface area contributed by atoms with Crippen LogP contribution in [0.4, 0.5) is 5.69 Å². The van der Waals surface area contributed by atoms with Crippen molar-refractivity contribution in [2.24, 2.45) is 11.8 Å². The first kappa shape index (κ1) is 14.4. The third kappa shape index (κ3) is 1.27. The average Bonchev–Trinajstić information content (AvgIpc) is 3.05. The predicted molar refractivity (Wildman–Crippen MR) is 94.6 cm³/mol. The van der Waals surface area contributed by atoms with Gasteiger partial charge in [-0.25, -0.2) is 0 Å². The molecule has 1 aliphatic carbocycles. The molecule has 1 spiro atoms. The van der Waals surface area contributed by atoms with E-state index in [0.29, 0.717) is 18.9 Å². The molecule has 7 rings (SSSR count). The molecule has 1 N–H and O–H groups in total. The van der Waals surface area contributed by atoms with Gasteiger partial charge >= 0.3 is 0 Å². The normalized spacial score (nSPS) is 47.5. The SMILES string of the molecule is O=C1C[C@@H]2OCC=C3CN4CC[C@]56c7ccccc7N1[C@H]5[C@@H]2[C@H]3C[C@]46O. The van der Waals surface area contributed by atoms with Gasteiger partial charge in [-0.1, -0.05) is 29.8 Å². The van der Waals surface area contributed by atoms with Gasteiger partial charge in [-0.05, 0) is 30.4 Å². The number of carbonyl (C=O) groups excluding carboxylic acids is 1. The number of piperidine rings is 2. The molecule has 0 unspecified atom stereocenters. The molecule has 1 saturated carbocycles. The zero-order chi connectivity index (χ0) is 17.3. The van der Waals surface area contributed by atoms with Gasteiger partial charge in [0.1, 0.15) is 5.72 Å². The van der Waals surface area contributed by atoms with Gasteiger partial charge in [-0.15, -0.1) is 0 Å². The molecule has 1 amide bonds. The summed E-state index contributed by atoms with van der Waals surface area (Å²) < 4.78 is 6.20. The zero-order valence-electron chi connectivity index (χ0n) is 14.6. The largest absolute Gasteiger partial charge is 0.375 e. The van der Waals surface area contributed by atoms with Crippen molar-refractivity contribution in [3.05, 3.63) is 41.5 Å². The number of hydrogen-bond donors (Lipinski definition) is 1. The molecule has 134 valence electrons. The van der Waals surface area contributed by atoms with Crippen LogP contribution in [0.5, 0.6) is 0 Å². The van der Waals surface area contributed by atoms with E-state index in [1.54, 1.807) is 0 Å². The Balaban J connectivity index is 1.58. The fraction of sp³-hybridized carbons (Fsp3) is 0.571. The van der Waals surface area contributed by atoms with Gasteiger partial charge in [0.15, 0.2) is 0 Å². The standard InChI is InChI=1S/C21H22N2O3/c24-17-9-16-18-13-10-21(25)20(6-7-22(21)11-12(13)5-8-26-16)14-3-1-2-4-15(14)23(17)19(18)20/h1-5,13,16,18-19,25H,6-11H2/t13-,16-,18+,19-,20-,21+/m0/s1. The lowest BCUT2D eigenvalue weighted by molar-refractivity contribution is -0.197. The Labute approximate surface area is 152 Å².